The van der Waals surface area contributed by atoms with Crippen LogP contribution >= 0.6 is 0 Å². The number of fused-ring (bicyclic) bond motifs is 1. The molecular weight excluding hydrogens is 288 g/mol. The molecule has 5 heteroatoms. The lowest BCUT2D eigenvalue weighted by Gasteiger charge is -2.33. The number of nitrogens with zero attached hydrogens (tertiary/aromatic N) is 3. The number of likely N-dealkylation sites (tertiary alicyclic amines) is 1. The first-order valence-corrected chi connectivity index (χ1v) is 9.32. The number of aromatic nitrogens is 2. The van der Waals surface area contributed by atoms with Gasteiger partial charge in [-0.25, -0.2) is 0 Å². The lowest BCUT2D eigenvalue weighted by Crippen LogP contribution is -2.48. The van der Waals surface area contributed by atoms with Gasteiger partial charge in [0.2, 0.25) is 5.91 Å². The summed E-state index contributed by atoms with van der Waals surface area (Å²) in [6.45, 7) is 2.82. The van der Waals surface area contributed by atoms with E-state index in [4.69, 9.17) is 0 Å². The van der Waals surface area contributed by atoms with Crippen molar-refractivity contribution in [3.8, 4) is 0 Å². The van der Waals surface area contributed by atoms with Gasteiger partial charge in [-0.2, -0.15) is 5.10 Å². The summed E-state index contributed by atoms with van der Waals surface area (Å²) in [4.78, 5) is 14.9. The second-order valence-electron chi connectivity index (χ2n) is 7.60. The molecule has 0 bridgehead atoms. The molecule has 0 spiro atoms. The van der Waals surface area contributed by atoms with Crippen molar-refractivity contribution in [2.75, 3.05) is 13.1 Å². The van der Waals surface area contributed by atoms with Crippen molar-refractivity contribution in [1.29, 1.82) is 0 Å². The van der Waals surface area contributed by atoms with Gasteiger partial charge in [0.15, 0.2) is 0 Å². The zero-order valence-corrected chi connectivity index (χ0v) is 13.9. The predicted octanol–water partition coefficient (Wildman–Crippen LogP) is 2.04. The highest BCUT2D eigenvalue weighted by molar-refractivity contribution is 5.82. The maximum Gasteiger partial charge on any atom is 0.239 e. The Morgan fingerprint density at radius 1 is 1.17 bits per heavy atom. The summed E-state index contributed by atoms with van der Waals surface area (Å²) in [7, 11) is 0. The molecule has 0 radical (unpaired) electrons. The Bertz CT molecular complexity index is 507. The van der Waals surface area contributed by atoms with Gasteiger partial charge in [0, 0.05) is 38.1 Å². The van der Waals surface area contributed by atoms with Crippen LogP contribution in [0.25, 0.3) is 0 Å². The fourth-order valence-electron chi connectivity index (χ4n) is 4.74. The molecule has 3 aliphatic rings. The van der Waals surface area contributed by atoms with Crippen molar-refractivity contribution in [1.82, 2.24) is 20.0 Å². The van der Waals surface area contributed by atoms with Crippen molar-refractivity contribution < 1.29 is 4.79 Å². The molecule has 4 rings (SSSR count). The summed E-state index contributed by atoms with van der Waals surface area (Å²) in [5.41, 5.74) is 0. The van der Waals surface area contributed by atoms with Crippen LogP contribution < -0.4 is 5.32 Å². The summed E-state index contributed by atoms with van der Waals surface area (Å²) in [5, 5.41) is 7.93. The molecule has 1 N–H and O–H groups in total. The second-order valence-corrected chi connectivity index (χ2v) is 7.60. The number of nitrogens with one attached hydrogen (secondary N) is 1. The van der Waals surface area contributed by atoms with Gasteiger partial charge in [-0.05, 0) is 50.0 Å². The Labute approximate surface area is 138 Å². The molecule has 3 fully saturated rings. The fraction of sp³-hybridized carbons (Fsp3) is 0.778. The van der Waals surface area contributed by atoms with E-state index in [0.29, 0.717) is 17.9 Å². The highest BCUT2D eigenvalue weighted by Crippen LogP contribution is 2.34. The minimum absolute atomic E-state index is 0.0887. The highest BCUT2D eigenvalue weighted by atomic mass is 16.2. The molecule has 1 aromatic rings. The van der Waals surface area contributed by atoms with E-state index in [0.717, 1.165) is 44.8 Å². The fourth-order valence-corrected chi connectivity index (χ4v) is 4.74. The van der Waals surface area contributed by atoms with Crippen LogP contribution in [0, 0.1) is 11.8 Å². The number of amides is 1. The van der Waals surface area contributed by atoms with Crippen molar-refractivity contribution in [3.05, 3.63) is 18.5 Å². The first kappa shape index (κ1) is 15.2. The van der Waals surface area contributed by atoms with Crippen LogP contribution in [0.15, 0.2) is 18.5 Å². The lowest BCUT2D eigenvalue weighted by atomic mass is 9.85. The molecular formula is C18H28N4O. The summed E-state index contributed by atoms with van der Waals surface area (Å²) in [5.74, 6) is 1.75. The van der Waals surface area contributed by atoms with Crippen LogP contribution in [0.4, 0.5) is 0 Å². The quantitative estimate of drug-likeness (QED) is 0.928. The number of piperidine rings is 1. The van der Waals surface area contributed by atoms with Gasteiger partial charge in [-0.3, -0.25) is 9.48 Å². The molecule has 3 atom stereocenters. The molecule has 1 aromatic heterocycles. The van der Waals surface area contributed by atoms with E-state index in [1.54, 1.807) is 0 Å². The van der Waals surface area contributed by atoms with E-state index in [1.165, 1.54) is 25.7 Å². The largest absolute Gasteiger partial charge is 0.341 e. The van der Waals surface area contributed by atoms with Gasteiger partial charge in [0.25, 0.3) is 0 Å². The predicted molar refractivity (Wildman–Crippen MR) is 88.8 cm³/mol. The molecule has 1 amide bonds. The summed E-state index contributed by atoms with van der Waals surface area (Å²) >= 11 is 0. The maximum absolute atomic E-state index is 12.8. The van der Waals surface area contributed by atoms with Crippen LogP contribution in [-0.4, -0.2) is 45.8 Å². The van der Waals surface area contributed by atoms with Gasteiger partial charge in [-0.15, -0.1) is 0 Å². The zero-order valence-electron chi connectivity index (χ0n) is 13.9. The van der Waals surface area contributed by atoms with Crippen LogP contribution in [-0.2, 0) is 11.3 Å². The van der Waals surface area contributed by atoms with E-state index < -0.39 is 0 Å². The first-order chi connectivity index (χ1) is 11.3. The van der Waals surface area contributed by atoms with Crippen LogP contribution in [0.5, 0.6) is 0 Å². The topological polar surface area (TPSA) is 50.2 Å². The zero-order chi connectivity index (χ0) is 15.6. The van der Waals surface area contributed by atoms with E-state index in [9.17, 15) is 4.79 Å². The van der Waals surface area contributed by atoms with Crippen LogP contribution in [0.1, 0.15) is 44.9 Å². The highest BCUT2D eigenvalue weighted by Gasteiger charge is 2.40. The second kappa shape index (κ2) is 6.63. The molecule has 3 heterocycles. The normalized spacial score (nSPS) is 32.0. The Kier molecular flexibility index (Phi) is 4.38. The third-order valence-electron chi connectivity index (χ3n) is 6.09. The Morgan fingerprint density at radius 3 is 2.74 bits per heavy atom. The van der Waals surface area contributed by atoms with Gasteiger partial charge in [0.05, 0.1) is 6.04 Å². The third-order valence-corrected chi connectivity index (χ3v) is 6.09. The number of carbonyl (C=O) groups is 1. The van der Waals surface area contributed by atoms with E-state index in [2.05, 4.69) is 15.3 Å². The Balaban J connectivity index is 1.27. The molecule has 3 unspecified atom stereocenters. The first-order valence-electron chi connectivity index (χ1n) is 9.32. The minimum atomic E-state index is 0.0887. The van der Waals surface area contributed by atoms with E-state index in [1.807, 2.05) is 23.1 Å². The van der Waals surface area contributed by atoms with Crippen molar-refractivity contribution >= 4 is 5.91 Å². The third kappa shape index (κ3) is 3.30. The molecule has 5 nitrogen and oxygen atoms in total. The number of rotatable bonds is 3. The molecule has 1 saturated carbocycles. The summed E-state index contributed by atoms with van der Waals surface area (Å²) in [6, 6.07) is 2.67. The van der Waals surface area contributed by atoms with Crippen LogP contribution in [0.2, 0.25) is 0 Å². The van der Waals surface area contributed by atoms with Gasteiger partial charge in [-0.1, -0.05) is 12.8 Å². The lowest BCUT2D eigenvalue weighted by molar-refractivity contribution is -0.134. The monoisotopic (exact) mass is 316 g/mol. The molecule has 23 heavy (non-hydrogen) atoms. The minimum Gasteiger partial charge on any atom is -0.341 e. The van der Waals surface area contributed by atoms with Crippen molar-refractivity contribution in [3.63, 3.8) is 0 Å². The summed E-state index contributed by atoms with van der Waals surface area (Å²) < 4.78 is 2.02. The van der Waals surface area contributed by atoms with Crippen LogP contribution in [0.3, 0.4) is 0 Å². The average molecular weight is 316 g/mol. The van der Waals surface area contributed by atoms with Gasteiger partial charge < -0.3 is 10.2 Å². The molecule has 2 saturated heterocycles. The van der Waals surface area contributed by atoms with Gasteiger partial charge >= 0.3 is 0 Å². The SMILES string of the molecule is O=C(C1CC2CCCCC2N1)N1CCC(Cn2cccn2)CC1. The number of carbonyl (C=O) groups excluding carboxylic acids is 1. The average Bonchev–Trinajstić information content (AvgIpc) is 3.24. The molecule has 2 aliphatic heterocycles. The molecule has 126 valence electrons. The number of hydrogen-bond donors (Lipinski definition) is 1. The smallest absolute Gasteiger partial charge is 0.239 e. The summed E-state index contributed by atoms with van der Waals surface area (Å²) in [6.07, 6.45) is 12.4. The van der Waals surface area contributed by atoms with Crippen molar-refractivity contribution in [2.45, 2.75) is 63.6 Å². The Morgan fingerprint density at radius 2 is 2.00 bits per heavy atom. The maximum atomic E-state index is 12.8. The van der Waals surface area contributed by atoms with E-state index >= 15 is 0 Å². The van der Waals surface area contributed by atoms with Gasteiger partial charge in [0.1, 0.15) is 0 Å². The molecule has 0 aromatic carbocycles. The Hall–Kier alpha value is -1.36. The number of hydrogen-bond acceptors (Lipinski definition) is 3. The van der Waals surface area contributed by atoms with Crippen molar-refractivity contribution in [2.24, 2.45) is 11.8 Å². The van der Waals surface area contributed by atoms with E-state index in [-0.39, 0.29) is 6.04 Å². The molecule has 1 aliphatic carbocycles. The standard InChI is InChI=1S/C18H28N4O/c23-18(17-12-15-4-1-2-5-16(15)20-17)21-10-6-14(7-11-21)13-22-9-3-8-19-22/h3,8-9,14-17,20H,1-2,4-7,10-13H2.